The van der Waals surface area contributed by atoms with Crippen molar-refractivity contribution < 1.29 is 0 Å². The van der Waals surface area contributed by atoms with E-state index in [1.807, 2.05) is 0 Å². The summed E-state index contributed by atoms with van der Waals surface area (Å²) >= 11 is 0. The Morgan fingerprint density at radius 3 is 2.47 bits per heavy atom. The molecule has 2 unspecified atom stereocenters. The van der Waals surface area contributed by atoms with Crippen molar-refractivity contribution in [2.24, 2.45) is 17.3 Å². The van der Waals surface area contributed by atoms with Crippen molar-refractivity contribution >= 4 is 0 Å². The Kier molecular flexibility index (Phi) is 6.82. The number of nitrogens with zero attached hydrogens (tertiary/aromatic N) is 1. The largest absolute Gasteiger partial charge is 0.316 e. The molecule has 1 fully saturated rings. The van der Waals surface area contributed by atoms with E-state index in [9.17, 15) is 0 Å². The SMILES string of the molecule is CC(C)CNCC1(CN(C)C(C)C)CCCC(C)C1. The van der Waals surface area contributed by atoms with Gasteiger partial charge in [0.05, 0.1) is 0 Å². The molecule has 1 aliphatic rings. The van der Waals surface area contributed by atoms with Gasteiger partial charge in [0.2, 0.25) is 0 Å². The molecule has 0 bridgehead atoms. The molecule has 1 N–H and O–H groups in total. The molecule has 2 atom stereocenters. The van der Waals surface area contributed by atoms with Crippen LogP contribution in [0.25, 0.3) is 0 Å². The predicted octanol–water partition coefficient (Wildman–Crippen LogP) is 3.77. The Balaban J connectivity index is 2.61. The summed E-state index contributed by atoms with van der Waals surface area (Å²) in [6.07, 6.45) is 5.64. The third kappa shape index (κ3) is 5.83. The van der Waals surface area contributed by atoms with Gasteiger partial charge in [0.25, 0.3) is 0 Å². The number of rotatable bonds is 7. The van der Waals surface area contributed by atoms with Crippen molar-refractivity contribution in [2.75, 3.05) is 26.7 Å². The van der Waals surface area contributed by atoms with Crippen LogP contribution in [0.2, 0.25) is 0 Å². The van der Waals surface area contributed by atoms with Crippen LogP contribution in [0.5, 0.6) is 0 Å². The summed E-state index contributed by atoms with van der Waals surface area (Å²) in [5, 5.41) is 3.73. The third-order valence-electron chi connectivity index (χ3n) is 4.70. The summed E-state index contributed by atoms with van der Waals surface area (Å²) in [6.45, 7) is 15.2. The van der Waals surface area contributed by atoms with E-state index in [0.717, 1.165) is 18.4 Å². The minimum atomic E-state index is 0.506. The molecule has 0 spiro atoms. The Morgan fingerprint density at radius 1 is 1.26 bits per heavy atom. The highest BCUT2D eigenvalue weighted by Gasteiger charge is 2.35. The van der Waals surface area contributed by atoms with E-state index in [4.69, 9.17) is 0 Å². The lowest BCUT2D eigenvalue weighted by molar-refractivity contribution is 0.0786. The lowest BCUT2D eigenvalue weighted by Gasteiger charge is -2.44. The maximum atomic E-state index is 3.73. The van der Waals surface area contributed by atoms with E-state index in [2.05, 4.69) is 51.9 Å². The first-order valence-corrected chi connectivity index (χ1v) is 8.25. The van der Waals surface area contributed by atoms with Crippen LogP contribution in [0.3, 0.4) is 0 Å². The van der Waals surface area contributed by atoms with Gasteiger partial charge in [-0.15, -0.1) is 0 Å². The molecule has 114 valence electrons. The van der Waals surface area contributed by atoms with Crippen molar-refractivity contribution in [1.29, 1.82) is 0 Å². The van der Waals surface area contributed by atoms with Gasteiger partial charge in [-0.1, -0.05) is 33.6 Å². The van der Waals surface area contributed by atoms with E-state index in [1.54, 1.807) is 0 Å². The van der Waals surface area contributed by atoms with Crippen LogP contribution in [-0.4, -0.2) is 37.6 Å². The minimum absolute atomic E-state index is 0.506. The first kappa shape index (κ1) is 17.0. The fraction of sp³-hybridized carbons (Fsp3) is 1.00. The van der Waals surface area contributed by atoms with Gasteiger partial charge >= 0.3 is 0 Å². The molecule has 0 aromatic carbocycles. The van der Waals surface area contributed by atoms with Crippen molar-refractivity contribution in [3.63, 3.8) is 0 Å². The van der Waals surface area contributed by atoms with Crippen LogP contribution in [0.4, 0.5) is 0 Å². The molecule has 2 nitrogen and oxygen atoms in total. The Morgan fingerprint density at radius 2 is 1.95 bits per heavy atom. The summed E-state index contributed by atoms with van der Waals surface area (Å²) in [5.41, 5.74) is 0.506. The van der Waals surface area contributed by atoms with Crippen LogP contribution < -0.4 is 5.32 Å². The molecule has 0 aromatic rings. The van der Waals surface area contributed by atoms with Gasteiger partial charge in [0.15, 0.2) is 0 Å². The van der Waals surface area contributed by atoms with Crippen LogP contribution in [-0.2, 0) is 0 Å². The molecule has 0 aliphatic heterocycles. The molecule has 1 aliphatic carbocycles. The second-order valence-corrected chi connectivity index (χ2v) is 7.74. The number of hydrogen-bond acceptors (Lipinski definition) is 2. The zero-order valence-electron chi connectivity index (χ0n) is 14.1. The first-order valence-electron chi connectivity index (χ1n) is 8.25. The fourth-order valence-electron chi connectivity index (χ4n) is 3.47. The lowest BCUT2D eigenvalue weighted by atomic mass is 9.69. The van der Waals surface area contributed by atoms with Gasteiger partial charge in [-0.3, -0.25) is 0 Å². The smallest absolute Gasteiger partial charge is 0.00499 e. The average molecular weight is 268 g/mol. The Bertz CT molecular complexity index is 250. The molecular weight excluding hydrogens is 232 g/mol. The minimum Gasteiger partial charge on any atom is -0.316 e. The number of nitrogens with one attached hydrogen (secondary N) is 1. The molecule has 0 aromatic heterocycles. The fourth-order valence-corrected chi connectivity index (χ4v) is 3.47. The Hall–Kier alpha value is -0.0800. The molecule has 0 heterocycles. The van der Waals surface area contributed by atoms with Crippen LogP contribution in [0.1, 0.15) is 60.3 Å². The summed E-state index contributed by atoms with van der Waals surface area (Å²) in [7, 11) is 2.29. The van der Waals surface area contributed by atoms with Crippen molar-refractivity contribution in [2.45, 2.75) is 66.3 Å². The zero-order chi connectivity index (χ0) is 14.5. The van der Waals surface area contributed by atoms with Gasteiger partial charge in [0, 0.05) is 19.1 Å². The van der Waals surface area contributed by atoms with Crippen molar-refractivity contribution in [1.82, 2.24) is 10.2 Å². The molecule has 19 heavy (non-hydrogen) atoms. The highest BCUT2D eigenvalue weighted by Crippen LogP contribution is 2.39. The maximum absolute atomic E-state index is 3.73. The predicted molar refractivity (Wildman–Crippen MR) is 85.5 cm³/mol. The van der Waals surface area contributed by atoms with E-state index in [-0.39, 0.29) is 0 Å². The second kappa shape index (κ2) is 7.64. The highest BCUT2D eigenvalue weighted by molar-refractivity contribution is 4.90. The van der Waals surface area contributed by atoms with E-state index < -0.39 is 0 Å². The van der Waals surface area contributed by atoms with E-state index in [1.165, 1.54) is 38.8 Å². The monoisotopic (exact) mass is 268 g/mol. The normalized spacial score (nSPS) is 28.6. The average Bonchev–Trinajstić information content (AvgIpc) is 2.27. The van der Waals surface area contributed by atoms with Gasteiger partial charge in [0.1, 0.15) is 0 Å². The zero-order valence-corrected chi connectivity index (χ0v) is 14.1. The lowest BCUT2D eigenvalue weighted by Crippen LogP contribution is -2.47. The molecule has 1 rings (SSSR count). The molecule has 2 heteroatoms. The standard InChI is InChI=1S/C17H36N2/c1-14(2)11-18-12-17(13-19(6)15(3)4)9-7-8-16(5)10-17/h14-16,18H,7-13H2,1-6H3. The van der Waals surface area contributed by atoms with Gasteiger partial charge in [-0.25, -0.2) is 0 Å². The maximum Gasteiger partial charge on any atom is 0.00499 e. The summed E-state index contributed by atoms with van der Waals surface area (Å²) < 4.78 is 0. The van der Waals surface area contributed by atoms with Crippen molar-refractivity contribution in [3.05, 3.63) is 0 Å². The topological polar surface area (TPSA) is 15.3 Å². The summed E-state index contributed by atoms with van der Waals surface area (Å²) in [5.74, 6) is 1.65. The van der Waals surface area contributed by atoms with Gasteiger partial charge < -0.3 is 10.2 Å². The molecule has 0 amide bonds. The molecule has 0 saturated heterocycles. The molecule has 1 saturated carbocycles. The highest BCUT2D eigenvalue weighted by atomic mass is 15.1. The Labute approximate surface area is 121 Å². The molecule has 0 radical (unpaired) electrons. The number of hydrogen-bond donors (Lipinski definition) is 1. The van der Waals surface area contributed by atoms with Crippen LogP contribution >= 0.6 is 0 Å². The van der Waals surface area contributed by atoms with E-state index >= 15 is 0 Å². The summed E-state index contributed by atoms with van der Waals surface area (Å²) in [6, 6.07) is 0.652. The van der Waals surface area contributed by atoms with E-state index in [0.29, 0.717) is 11.5 Å². The van der Waals surface area contributed by atoms with Crippen LogP contribution in [0, 0.1) is 17.3 Å². The first-order chi connectivity index (χ1) is 8.84. The summed E-state index contributed by atoms with van der Waals surface area (Å²) in [4.78, 5) is 2.54. The van der Waals surface area contributed by atoms with Gasteiger partial charge in [-0.2, -0.15) is 0 Å². The van der Waals surface area contributed by atoms with Crippen molar-refractivity contribution in [3.8, 4) is 0 Å². The quantitative estimate of drug-likeness (QED) is 0.756. The third-order valence-corrected chi connectivity index (χ3v) is 4.70. The second-order valence-electron chi connectivity index (χ2n) is 7.74. The van der Waals surface area contributed by atoms with Crippen LogP contribution in [0.15, 0.2) is 0 Å². The molecular formula is C17H36N2. The van der Waals surface area contributed by atoms with Gasteiger partial charge in [-0.05, 0) is 57.5 Å².